The monoisotopic (exact) mass is 673 g/mol. The Kier molecular flexibility index (Phi) is 8.83. The van der Waals surface area contributed by atoms with E-state index in [1.165, 1.54) is 10.4 Å². The Bertz CT molecular complexity index is 1560. The van der Waals surface area contributed by atoms with E-state index in [-0.39, 0.29) is 23.9 Å². The van der Waals surface area contributed by atoms with Gasteiger partial charge in [0.05, 0.1) is 37.7 Å². The number of hydrogen-bond donors (Lipinski definition) is 0. The van der Waals surface area contributed by atoms with Crippen molar-refractivity contribution in [2.24, 2.45) is 0 Å². The van der Waals surface area contributed by atoms with E-state index in [9.17, 15) is 4.79 Å². The molecule has 4 heterocycles. The van der Waals surface area contributed by atoms with E-state index in [0.717, 1.165) is 6.42 Å². The van der Waals surface area contributed by atoms with Gasteiger partial charge in [0.25, 0.3) is 8.32 Å². The molecule has 1 amide bonds. The highest BCUT2D eigenvalue weighted by atomic mass is 28.4. The number of anilines is 1. The fourth-order valence-electron chi connectivity index (χ4n) is 7.78. The Hall–Kier alpha value is -3.41. The molecule has 4 aliphatic rings. The molecule has 10 heteroatoms. The fourth-order valence-corrected chi connectivity index (χ4v) is 12.3. The summed E-state index contributed by atoms with van der Waals surface area (Å²) in [4.78, 5) is 15.4. The Morgan fingerprint density at radius 1 is 0.896 bits per heavy atom. The number of fused-ring (bicyclic) bond motifs is 1. The van der Waals surface area contributed by atoms with Crippen LogP contribution in [0.2, 0.25) is 5.04 Å². The second-order valence-electron chi connectivity index (χ2n) is 14.8. The molecule has 4 aliphatic heterocycles. The maximum Gasteiger partial charge on any atom is 0.415 e. The van der Waals surface area contributed by atoms with Crippen LogP contribution in [0.15, 0.2) is 78.9 Å². The quantitative estimate of drug-likeness (QED) is 0.277. The summed E-state index contributed by atoms with van der Waals surface area (Å²) >= 11 is 0. The van der Waals surface area contributed by atoms with E-state index in [0.29, 0.717) is 56.4 Å². The summed E-state index contributed by atoms with van der Waals surface area (Å²) in [6.45, 7) is 12.8. The lowest BCUT2D eigenvalue weighted by Crippen LogP contribution is -2.68. The Morgan fingerprint density at radius 3 is 2.19 bits per heavy atom. The number of benzene rings is 3. The van der Waals surface area contributed by atoms with Gasteiger partial charge in [-0.2, -0.15) is 0 Å². The Morgan fingerprint density at radius 2 is 1.56 bits per heavy atom. The summed E-state index contributed by atoms with van der Waals surface area (Å²) in [5.74, 6) is 0.687. The minimum atomic E-state index is -2.90. The molecule has 4 atom stereocenters. The van der Waals surface area contributed by atoms with E-state index in [2.05, 4.69) is 69.3 Å². The normalized spacial score (nSPS) is 26.9. The lowest BCUT2D eigenvalue weighted by atomic mass is 9.85. The summed E-state index contributed by atoms with van der Waals surface area (Å²) in [6, 6.07) is 26.7. The van der Waals surface area contributed by atoms with Gasteiger partial charge in [-0.25, -0.2) is 4.79 Å². The van der Waals surface area contributed by atoms with Gasteiger partial charge in [-0.3, -0.25) is 4.90 Å². The molecule has 0 N–H and O–H groups in total. The van der Waals surface area contributed by atoms with Gasteiger partial charge in [-0.1, -0.05) is 81.4 Å². The molecule has 3 aromatic rings. The predicted octanol–water partition coefficient (Wildman–Crippen LogP) is 5.82. The summed E-state index contributed by atoms with van der Waals surface area (Å²) in [7, 11) is -2.90. The van der Waals surface area contributed by atoms with Crippen molar-refractivity contribution in [3.63, 3.8) is 0 Å². The lowest BCUT2D eigenvalue weighted by molar-refractivity contribution is -0.183. The number of carbonyl (C=O) groups is 1. The van der Waals surface area contributed by atoms with Crippen molar-refractivity contribution in [3.05, 3.63) is 78.9 Å². The van der Waals surface area contributed by atoms with Crippen molar-refractivity contribution in [1.82, 2.24) is 0 Å². The van der Waals surface area contributed by atoms with Crippen LogP contribution in [-0.2, 0) is 23.4 Å². The number of ether oxygens (including phenoxy) is 6. The molecule has 0 saturated carbocycles. The van der Waals surface area contributed by atoms with Gasteiger partial charge in [-0.05, 0) is 54.2 Å². The summed E-state index contributed by atoms with van der Waals surface area (Å²) < 4.78 is 44.4. The van der Waals surface area contributed by atoms with Gasteiger partial charge in [0.2, 0.25) is 0 Å². The minimum absolute atomic E-state index is 0.0716. The average molecular weight is 674 g/mol. The molecule has 3 aromatic carbocycles. The number of rotatable bonds is 8. The van der Waals surface area contributed by atoms with Crippen molar-refractivity contribution in [1.29, 1.82) is 0 Å². The molecule has 0 aliphatic carbocycles. The molecule has 1 spiro atoms. The molecule has 9 nitrogen and oxygen atoms in total. The number of amides is 1. The first-order valence-electron chi connectivity index (χ1n) is 17.1. The van der Waals surface area contributed by atoms with E-state index >= 15 is 0 Å². The maximum absolute atomic E-state index is 13.7. The SMILES string of the molecule is CC1(C)OCC(C[C@@H]2CC[C@@]3(CN(c4ccc5c(c4)OCCO5)C(=O)O3)[C@@H](CO[Si](c3ccccc3)(c3ccccc3)C(C)(C)C)O2)O1. The highest BCUT2D eigenvalue weighted by molar-refractivity contribution is 6.99. The van der Waals surface area contributed by atoms with Gasteiger partial charge in [0, 0.05) is 12.5 Å². The first-order valence-corrected chi connectivity index (χ1v) is 19.0. The number of hydrogen-bond acceptors (Lipinski definition) is 8. The van der Waals surface area contributed by atoms with Crippen LogP contribution in [-0.4, -0.2) is 77.1 Å². The van der Waals surface area contributed by atoms with E-state index < -0.39 is 31.9 Å². The summed E-state index contributed by atoms with van der Waals surface area (Å²) in [5, 5.41) is 2.15. The van der Waals surface area contributed by atoms with Crippen molar-refractivity contribution in [2.45, 2.75) is 88.6 Å². The topological polar surface area (TPSA) is 84.9 Å². The lowest BCUT2D eigenvalue weighted by Gasteiger charge is -2.47. The van der Waals surface area contributed by atoms with Crippen LogP contribution in [0.3, 0.4) is 0 Å². The van der Waals surface area contributed by atoms with Crippen LogP contribution >= 0.6 is 0 Å². The van der Waals surface area contributed by atoms with Gasteiger partial charge in [-0.15, -0.1) is 0 Å². The van der Waals surface area contributed by atoms with E-state index in [1.54, 1.807) is 4.90 Å². The molecule has 7 rings (SSSR count). The van der Waals surface area contributed by atoms with Crippen molar-refractivity contribution in [3.8, 4) is 11.5 Å². The van der Waals surface area contributed by atoms with Crippen LogP contribution in [0.25, 0.3) is 0 Å². The smallest absolute Gasteiger partial charge is 0.415 e. The van der Waals surface area contributed by atoms with Crippen LogP contribution < -0.4 is 24.7 Å². The van der Waals surface area contributed by atoms with Gasteiger partial charge in [0.15, 0.2) is 22.9 Å². The summed E-state index contributed by atoms with van der Waals surface area (Å²) in [5.41, 5.74) is -0.202. The third-order valence-electron chi connectivity index (χ3n) is 10.1. The first-order chi connectivity index (χ1) is 23.0. The second-order valence-corrected chi connectivity index (χ2v) is 19.1. The molecule has 3 fully saturated rings. The Balaban J connectivity index is 1.21. The zero-order chi connectivity index (χ0) is 33.6. The minimum Gasteiger partial charge on any atom is -0.486 e. The third kappa shape index (κ3) is 6.25. The second kappa shape index (κ2) is 12.8. The average Bonchev–Trinajstić information content (AvgIpc) is 3.60. The van der Waals surface area contributed by atoms with Crippen LogP contribution in [0.1, 0.15) is 53.9 Å². The van der Waals surface area contributed by atoms with Crippen molar-refractivity contribution in [2.75, 3.05) is 37.9 Å². The van der Waals surface area contributed by atoms with Crippen LogP contribution in [0.4, 0.5) is 10.5 Å². The van der Waals surface area contributed by atoms with Crippen LogP contribution in [0, 0.1) is 0 Å². The predicted molar refractivity (Wildman–Crippen MR) is 185 cm³/mol. The molecule has 0 aromatic heterocycles. The molecule has 0 bridgehead atoms. The standard InChI is InChI=1S/C38H47NO8Si/c1-36(2,3)48(30-12-8-6-9-13-30,31-14-10-7-11-15-31)44-25-34-38(19-18-28(45-34)23-29-24-43-37(4,5)46-29)26-39(35(40)47-38)27-16-17-32-33(22-27)42-21-20-41-32/h6-17,22,28-29,34H,18-21,23-26H2,1-5H3/t28-,29?,34+,38+/m0/s1. The first kappa shape index (κ1) is 33.1. The van der Waals surface area contributed by atoms with Crippen molar-refractivity contribution >= 4 is 30.5 Å². The highest BCUT2D eigenvalue weighted by Gasteiger charge is 2.57. The van der Waals surface area contributed by atoms with E-state index in [1.807, 2.05) is 44.2 Å². The zero-order valence-corrected chi connectivity index (χ0v) is 29.6. The highest BCUT2D eigenvalue weighted by Crippen LogP contribution is 2.44. The largest absolute Gasteiger partial charge is 0.486 e. The third-order valence-corrected chi connectivity index (χ3v) is 15.1. The molecule has 3 saturated heterocycles. The summed E-state index contributed by atoms with van der Waals surface area (Å²) in [6.07, 6.45) is 0.951. The Labute approximate surface area is 284 Å². The maximum atomic E-state index is 13.7. The molecular weight excluding hydrogens is 627 g/mol. The number of carbonyl (C=O) groups excluding carboxylic acids is 1. The molecule has 256 valence electrons. The van der Waals surface area contributed by atoms with Gasteiger partial charge < -0.3 is 32.8 Å². The van der Waals surface area contributed by atoms with Gasteiger partial charge in [0.1, 0.15) is 19.3 Å². The van der Waals surface area contributed by atoms with Crippen LogP contribution in [0.5, 0.6) is 11.5 Å². The van der Waals surface area contributed by atoms with E-state index in [4.69, 9.17) is 32.8 Å². The molecular formula is C38H47NO8Si. The molecule has 48 heavy (non-hydrogen) atoms. The zero-order valence-electron chi connectivity index (χ0n) is 28.6. The molecule has 0 radical (unpaired) electrons. The van der Waals surface area contributed by atoms with Gasteiger partial charge >= 0.3 is 6.09 Å². The fraction of sp³-hybridized carbons (Fsp3) is 0.500. The number of nitrogens with zero attached hydrogens (tertiary/aromatic N) is 1. The van der Waals surface area contributed by atoms with Crippen molar-refractivity contribution < 1.29 is 37.6 Å². The molecule has 1 unspecified atom stereocenters.